The van der Waals surface area contributed by atoms with Gasteiger partial charge in [0.05, 0.1) is 62.8 Å². The summed E-state index contributed by atoms with van der Waals surface area (Å²) < 4.78 is 54.7. The van der Waals surface area contributed by atoms with Crippen LogP contribution in [0.25, 0.3) is 0 Å². The fraction of sp³-hybridized carbons (Fsp3) is 0.564. The minimum Gasteiger partial charge on any atom is -0.481 e. The number of ether oxygens (including phenoxy) is 4. The Balaban J connectivity index is 0.000000178. The second-order valence-corrected chi connectivity index (χ2v) is 31.0. The average molecular weight is 1420 g/mol. The highest BCUT2D eigenvalue weighted by molar-refractivity contribution is 8.00. The van der Waals surface area contributed by atoms with Crippen molar-refractivity contribution in [3.63, 3.8) is 0 Å². The molecule has 18 nitrogen and oxygen atoms in total. The molecule has 0 bridgehead atoms. The van der Waals surface area contributed by atoms with E-state index >= 15 is 8.78 Å². The second-order valence-electron chi connectivity index (χ2n) is 29.2. The lowest BCUT2D eigenvalue weighted by atomic mass is 9.44. The average Bonchev–Trinajstić information content (AvgIpc) is 1.37. The zero-order chi connectivity index (χ0) is 72.9. The number of alkyl halides is 2. The molecule has 0 spiro atoms. The third kappa shape index (κ3) is 13.9. The van der Waals surface area contributed by atoms with Gasteiger partial charge in [0.2, 0.25) is 11.6 Å². The molecule has 0 aromatic heterocycles. The number of hydrogen-bond donors (Lipinski definition) is 7. The van der Waals surface area contributed by atoms with E-state index in [-0.39, 0.29) is 86.3 Å². The topological polar surface area (TPSA) is 301 Å². The lowest BCUT2D eigenvalue weighted by Gasteiger charge is -2.62. The summed E-state index contributed by atoms with van der Waals surface area (Å²) in [6, 6.07) is 31.5. The van der Waals surface area contributed by atoms with Crippen LogP contribution in [-0.4, -0.2) is 165 Å². The number of carboxylic acid groups (broad SMARTS) is 1. The summed E-state index contributed by atoms with van der Waals surface area (Å²) in [4.78, 5) is 96.9. The summed E-state index contributed by atoms with van der Waals surface area (Å²) in [5, 5.41) is 55.1. The van der Waals surface area contributed by atoms with Crippen LogP contribution in [0.2, 0.25) is 0 Å². The number of hydrogen-bond acceptors (Lipinski definition) is 19. The number of allylic oxidation sites excluding steroid dienone is 8. The van der Waals surface area contributed by atoms with Gasteiger partial charge in [0.1, 0.15) is 17.0 Å². The molecule has 0 heterocycles. The molecule has 8 aliphatic carbocycles. The lowest BCUT2D eigenvalue weighted by molar-refractivity contribution is -0.220. The molecular weight excluding hydrogens is 1320 g/mol. The zero-order valence-corrected chi connectivity index (χ0v) is 59.6. The van der Waals surface area contributed by atoms with Crippen LogP contribution in [0, 0.1) is 57.2 Å². The van der Waals surface area contributed by atoms with Gasteiger partial charge in [0.15, 0.2) is 36.1 Å². The van der Waals surface area contributed by atoms with Gasteiger partial charge >= 0.3 is 17.9 Å². The van der Waals surface area contributed by atoms with E-state index in [9.17, 15) is 58.8 Å². The largest absolute Gasteiger partial charge is 0.481 e. The Labute approximate surface area is 593 Å². The van der Waals surface area contributed by atoms with E-state index in [0.717, 1.165) is 5.75 Å². The quantitative estimate of drug-likeness (QED) is 0.0180. The number of nitrogens with two attached hydrogens (primary N) is 1. The molecule has 3 aromatic carbocycles. The fourth-order valence-corrected chi connectivity index (χ4v) is 20.5. The monoisotopic (exact) mass is 1420 g/mol. The summed E-state index contributed by atoms with van der Waals surface area (Å²) >= 11 is 5.83. The second kappa shape index (κ2) is 31.3. The number of benzene rings is 3. The van der Waals surface area contributed by atoms with Crippen LogP contribution in [0.4, 0.5) is 8.78 Å². The molecule has 22 heteroatoms. The number of thioether (sulfide) groups is 1. The van der Waals surface area contributed by atoms with Gasteiger partial charge in [-0.1, -0.05) is 142 Å². The van der Waals surface area contributed by atoms with E-state index in [2.05, 4.69) is 85.4 Å². The molecule has 3 aromatic rings. The third-order valence-electron chi connectivity index (χ3n) is 24.1. The minimum absolute atomic E-state index is 0.0336. The van der Waals surface area contributed by atoms with Crippen molar-refractivity contribution in [1.29, 1.82) is 0 Å². The molecule has 6 fully saturated rings. The number of Topliss-reactive ketones (excluding diaryl/α,β-unsaturated/α-hetero) is 3. The van der Waals surface area contributed by atoms with Crippen LogP contribution in [0.3, 0.4) is 0 Å². The van der Waals surface area contributed by atoms with Crippen molar-refractivity contribution >= 4 is 71.2 Å². The van der Waals surface area contributed by atoms with Gasteiger partial charge in [-0.05, 0) is 130 Å². The van der Waals surface area contributed by atoms with Crippen molar-refractivity contribution < 1.29 is 91.6 Å². The van der Waals surface area contributed by atoms with Gasteiger partial charge in [-0.2, -0.15) is 12.6 Å². The molecule has 7 N–H and O–H groups in total. The highest BCUT2D eigenvalue weighted by Crippen LogP contribution is 2.73. The first-order valence-electron chi connectivity index (χ1n) is 34.8. The molecule has 8 aliphatic rings. The smallest absolute Gasteiger partial charge is 0.320 e. The highest BCUT2D eigenvalue weighted by Gasteiger charge is 2.77. The van der Waals surface area contributed by atoms with Crippen LogP contribution in [0.15, 0.2) is 139 Å². The van der Waals surface area contributed by atoms with Gasteiger partial charge in [0.25, 0.3) is 0 Å². The molecule has 6 saturated carbocycles. The minimum atomic E-state index is -2.07. The normalized spacial score (nSPS) is 34.3. The van der Waals surface area contributed by atoms with Crippen molar-refractivity contribution in [1.82, 2.24) is 0 Å². The zero-order valence-electron chi connectivity index (χ0n) is 57.9. The summed E-state index contributed by atoms with van der Waals surface area (Å²) in [6.45, 7) is 10.1. The number of aliphatic hydroxyl groups excluding tert-OH is 2. The van der Waals surface area contributed by atoms with E-state index in [4.69, 9.17) is 29.8 Å². The summed E-state index contributed by atoms with van der Waals surface area (Å²) in [5.74, 6) is -5.99. The van der Waals surface area contributed by atoms with E-state index in [1.165, 1.54) is 41.0 Å². The molecule has 11 rings (SSSR count). The molecule has 0 saturated heterocycles. The van der Waals surface area contributed by atoms with Crippen molar-refractivity contribution in [2.45, 2.75) is 158 Å². The van der Waals surface area contributed by atoms with Gasteiger partial charge in [0, 0.05) is 57.8 Å². The van der Waals surface area contributed by atoms with Gasteiger partial charge < -0.3 is 50.2 Å². The molecule has 100 heavy (non-hydrogen) atoms. The number of halogens is 2. The molecule has 16 atom stereocenters. The standard InChI is InChI=1S/C30H41FO8S.C24H32FNO6.C24H24O3S/c1-18-14-23-22-6-4-19-15-21(33)8-10-27(19,2)29(22,31)24(34)16-28(23,3)30(18,37)25(35)17-39-26(36)7-5-20(32)9-11-38-12-13-40;1-13-8-17-16-5-4-14-9-15(27)6-7-21(14,2)23(16,25)18(28)10-22(17,3)24(13,31)19(29)12-32-20(30)11-26;25-23(26)16-17-27-18-19-28-24(20-10-4-1-5-11-20,21-12-6-2-7-13-21)22-14-8-3-9-15-22/h8,10,15,18,22-24,34,37,40H,4-7,9,11-14,16-17H2,1-3H3;6-7,9,13,16-18,28,31H,4-5,8,10-12,26H2,1-3H3;1-15H,16-19H2,(H,25,26)/t18-,22-,23-,24-,27-,28-,29-,30-;13-,16-,17-,18-,21-,22-,23-,24-;/m00./s1. The molecule has 0 radical (unpaired) electrons. The van der Waals surface area contributed by atoms with Crippen LogP contribution in [0.1, 0.15) is 135 Å². The Morgan fingerprint density at radius 2 is 1.00 bits per heavy atom. The molecular formula is C78H97F2NO17S2. The molecule has 0 unspecified atom stereocenters. The van der Waals surface area contributed by atoms with Crippen molar-refractivity contribution in [2.75, 3.05) is 57.7 Å². The number of ketones is 5. The Kier molecular flexibility index (Phi) is 24.4. The maximum absolute atomic E-state index is 17.2. The Hall–Kier alpha value is -6.34. The maximum Gasteiger partial charge on any atom is 0.320 e. The number of carboxylic acids is 1. The Morgan fingerprint density at radius 1 is 0.590 bits per heavy atom. The first-order valence-corrected chi connectivity index (χ1v) is 36.4. The van der Waals surface area contributed by atoms with E-state index in [1.807, 2.05) is 30.0 Å². The van der Waals surface area contributed by atoms with E-state index in [1.54, 1.807) is 53.7 Å². The number of rotatable bonds is 25. The van der Waals surface area contributed by atoms with E-state index in [0.29, 0.717) is 68.6 Å². The maximum atomic E-state index is 17.2. The van der Waals surface area contributed by atoms with Gasteiger partial charge in [-0.25, -0.2) is 8.78 Å². The number of carbonyl (C=O) groups excluding carboxylic acids is 7. The van der Waals surface area contributed by atoms with Crippen LogP contribution >= 0.6 is 24.4 Å². The molecule has 542 valence electrons. The predicted molar refractivity (Wildman–Crippen MR) is 375 cm³/mol. The van der Waals surface area contributed by atoms with Crippen LogP contribution in [0.5, 0.6) is 0 Å². The Bertz CT molecular complexity index is 3550. The summed E-state index contributed by atoms with van der Waals surface area (Å²) in [6.07, 6.45) is 8.12. The predicted octanol–water partition coefficient (Wildman–Crippen LogP) is 9.74. The highest BCUT2D eigenvalue weighted by atomic mass is 32.2. The first-order chi connectivity index (χ1) is 47.3. The summed E-state index contributed by atoms with van der Waals surface area (Å²) in [7, 11) is 0. The van der Waals surface area contributed by atoms with Gasteiger partial charge in [-0.15, -0.1) is 11.8 Å². The lowest BCUT2D eigenvalue weighted by Crippen LogP contribution is -2.69. The number of thiol groups is 1. The van der Waals surface area contributed by atoms with Crippen LogP contribution in [-0.2, 0) is 62.1 Å². The third-order valence-corrected chi connectivity index (χ3v) is 25.8. The number of aliphatic hydroxyl groups is 4. The number of fused-ring (bicyclic) bond motifs is 10. The van der Waals surface area contributed by atoms with E-state index < -0.39 is 129 Å². The SMILES string of the molecule is C[C@H]1C[C@H]2[C@@H]3CCC4=CC(=O)C=C[C@]4(C)[C@@]3(F)[C@@H](O)C[C@]2(C)[C@@]1(O)C(=O)COC(=O)CCC(=O)CCOCCS.C[C@H]1C[C@H]2[C@@H]3CCC4=CC(=O)C=C[C@]4(C)[C@@]3(F)[C@@H](O)C[C@]2(C)[C@@]1(O)C(=O)COC(=O)CN.O=C(O)CCOCCSC(c1ccccc1)(c1ccccc1)c1ccccc1. The van der Waals surface area contributed by atoms with Crippen LogP contribution < -0.4 is 5.73 Å². The Morgan fingerprint density at radius 3 is 1.41 bits per heavy atom. The number of carbonyl (C=O) groups is 8. The van der Waals surface area contributed by atoms with Gasteiger partial charge in [-0.3, -0.25) is 38.4 Å². The van der Waals surface area contributed by atoms with Crippen molar-refractivity contribution in [3.8, 4) is 0 Å². The molecule has 0 aliphatic heterocycles. The summed E-state index contributed by atoms with van der Waals surface area (Å²) in [5.41, 5.74) is -2.23. The van der Waals surface area contributed by atoms with Crippen molar-refractivity contribution in [2.24, 2.45) is 62.9 Å². The first kappa shape index (κ1) is 77.8. The number of esters is 2. The molecule has 0 amide bonds. The van der Waals surface area contributed by atoms with Crippen molar-refractivity contribution in [3.05, 3.63) is 155 Å². The number of aliphatic carboxylic acids is 1. The fourth-order valence-electron chi connectivity index (χ4n) is 18.9.